The highest BCUT2D eigenvalue weighted by Gasteiger charge is 2.22. The number of nitrogens with zero attached hydrogens (tertiary/aromatic N) is 2. The molecule has 3 aromatic rings. The maximum absolute atomic E-state index is 13.5. The van der Waals surface area contributed by atoms with Crippen molar-refractivity contribution in [3.05, 3.63) is 46.5 Å². The van der Waals surface area contributed by atoms with Crippen LogP contribution in [0, 0.1) is 5.92 Å². The Morgan fingerprint density at radius 1 is 1.18 bits per heavy atom. The number of fused-ring (bicyclic) bond motifs is 3. The van der Waals surface area contributed by atoms with E-state index in [1.54, 1.807) is 45.0 Å². The van der Waals surface area contributed by atoms with Crippen molar-refractivity contribution in [3.63, 3.8) is 0 Å². The fourth-order valence-corrected chi connectivity index (χ4v) is 3.88. The Morgan fingerprint density at radius 2 is 1.88 bits per heavy atom. The average molecular weight is 476 g/mol. The number of ether oxygens (including phenoxy) is 2. The molecule has 0 aliphatic carbocycles. The van der Waals surface area contributed by atoms with Gasteiger partial charge in [0.25, 0.3) is 12.0 Å². The second-order valence-corrected chi connectivity index (χ2v) is 9.75. The molecule has 0 saturated heterocycles. The van der Waals surface area contributed by atoms with E-state index < -0.39 is 29.4 Å². The summed E-state index contributed by atoms with van der Waals surface area (Å²) in [6.07, 6.45) is -1.41. The van der Waals surface area contributed by atoms with Crippen LogP contribution in [0.5, 0.6) is 5.75 Å². The summed E-state index contributed by atoms with van der Waals surface area (Å²) in [5.74, 6) is 0.801. The van der Waals surface area contributed by atoms with Crippen molar-refractivity contribution < 1.29 is 23.0 Å². The summed E-state index contributed by atoms with van der Waals surface area (Å²) in [5, 5.41) is 3.83. The highest BCUT2D eigenvalue weighted by atomic mass is 19.3. The number of carbonyl (C=O) groups is 1. The van der Waals surface area contributed by atoms with E-state index in [0.29, 0.717) is 34.4 Å². The number of pyridine rings is 2. The van der Waals surface area contributed by atoms with Gasteiger partial charge in [0, 0.05) is 30.1 Å². The van der Waals surface area contributed by atoms with Crippen molar-refractivity contribution in [1.29, 1.82) is 0 Å². The zero-order valence-electron chi connectivity index (χ0n) is 20.3. The molecule has 0 spiro atoms. The van der Waals surface area contributed by atoms with Gasteiger partial charge in [0.1, 0.15) is 23.7 Å². The summed E-state index contributed by atoms with van der Waals surface area (Å²) >= 11 is 0. The van der Waals surface area contributed by atoms with Crippen molar-refractivity contribution in [3.8, 4) is 5.75 Å². The van der Waals surface area contributed by atoms with Crippen LogP contribution in [0.25, 0.3) is 21.7 Å². The van der Waals surface area contributed by atoms with Crippen LogP contribution in [0.4, 0.5) is 13.6 Å². The van der Waals surface area contributed by atoms with Crippen LogP contribution >= 0.6 is 0 Å². The molecule has 0 bridgehead atoms. The zero-order chi connectivity index (χ0) is 25.2. The Kier molecular flexibility index (Phi) is 7.43. The number of aryl methyl sites for hydroxylation is 1. The second-order valence-electron chi connectivity index (χ2n) is 9.75. The molecule has 34 heavy (non-hydrogen) atoms. The average Bonchev–Trinajstić information content (AvgIpc) is 2.73. The minimum absolute atomic E-state index is 0.0836. The third-order valence-corrected chi connectivity index (χ3v) is 5.25. The van der Waals surface area contributed by atoms with E-state index in [0.717, 1.165) is 0 Å². The molecule has 9 heteroatoms. The lowest BCUT2D eigenvalue weighted by Crippen LogP contribution is -2.42. The number of hydrogen-bond acceptors (Lipinski definition) is 5. The van der Waals surface area contributed by atoms with Gasteiger partial charge in [0.05, 0.1) is 16.9 Å². The van der Waals surface area contributed by atoms with Crippen LogP contribution in [0.2, 0.25) is 0 Å². The molecule has 0 radical (unpaired) electrons. The molecule has 1 aromatic carbocycles. The number of carbonyl (C=O) groups excluding carboxylic acids is 1. The van der Waals surface area contributed by atoms with E-state index >= 15 is 0 Å². The van der Waals surface area contributed by atoms with Gasteiger partial charge >= 0.3 is 6.09 Å². The molecule has 2 heterocycles. The number of halogens is 2. The summed E-state index contributed by atoms with van der Waals surface area (Å²) in [5.41, 5.74) is -1.14. The quantitative estimate of drug-likeness (QED) is 0.466. The third-order valence-electron chi connectivity index (χ3n) is 5.25. The van der Waals surface area contributed by atoms with Gasteiger partial charge in [-0.05, 0) is 51.3 Å². The van der Waals surface area contributed by atoms with Crippen molar-refractivity contribution in [2.75, 3.05) is 6.61 Å². The van der Waals surface area contributed by atoms with E-state index in [9.17, 15) is 18.4 Å². The first-order valence-electron chi connectivity index (χ1n) is 11.2. The Hall–Kier alpha value is -3.23. The minimum atomic E-state index is -2.85. The third kappa shape index (κ3) is 5.81. The van der Waals surface area contributed by atoms with E-state index in [1.807, 2.05) is 13.8 Å². The molecule has 1 atom stereocenters. The van der Waals surface area contributed by atoms with Crippen LogP contribution < -0.4 is 15.6 Å². The number of alkyl carbamates (subject to hydrolysis) is 1. The molecule has 3 rings (SSSR count). The number of benzene rings is 1. The standard InChI is InChI=1S/C25H31F2N3O4/c1-14(2)11-15(29-24(32)34-25(3,4)5)13-33-16-7-8-17-18-9-10-28-21(22(26)27)20(18)23(31)30(6)19(17)12-16/h7-10,12,14-15,22H,11,13H2,1-6H3,(H,29,32)/t15-/m0/s1. The van der Waals surface area contributed by atoms with Crippen LogP contribution in [0.1, 0.15) is 53.2 Å². The molecule has 0 fully saturated rings. The summed E-state index contributed by atoms with van der Waals surface area (Å²) < 4.78 is 39.5. The van der Waals surface area contributed by atoms with Crippen LogP contribution in [0.15, 0.2) is 35.3 Å². The monoisotopic (exact) mass is 475 g/mol. The molecular formula is C25H31F2N3O4. The Bertz CT molecular complexity index is 1250. The second kappa shape index (κ2) is 9.95. The molecule has 0 aliphatic heterocycles. The number of rotatable bonds is 7. The normalized spacial score (nSPS) is 13.0. The lowest BCUT2D eigenvalue weighted by atomic mass is 10.0. The highest BCUT2D eigenvalue weighted by molar-refractivity contribution is 6.06. The summed E-state index contributed by atoms with van der Waals surface area (Å²) in [6.45, 7) is 9.67. The highest BCUT2D eigenvalue weighted by Crippen LogP contribution is 2.30. The fourth-order valence-electron chi connectivity index (χ4n) is 3.88. The predicted molar refractivity (Wildman–Crippen MR) is 128 cm³/mol. The molecule has 1 N–H and O–H groups in total. The first-order chi connectivity index (χ1) is 15.9. The van der Waals surface area contributed by atoms with Gasteiger partial charge in [0.2, 0.25) is 0 Å². The molecule has 0 unspecified atom stereocenters. The maximum Gasteiger partial charge on any atom is 0.407 e. The van der Waals surface area contributed by atoms with E-state index in [1.165, 1.54) is 17.8 Å². The largest absolute Gasteiger partial charge is 0.491 e. The van der Waals surface area contributed by atoms with Gasteiger partial charge in [-0.25, -0.2) is 13.6 Å². The van der Waals surface area contributed by atoms with Crippen LogP contribution in [0.3, 0.4) is 0 Å². The summed E-state index contributed by atoms with van der Waals surface area (Å²) in [6, 6.07) is 6.42. The Morgan fingerprint density at radius 3 is 2.50 bits per heavy atom. The maximum atomic E-state index is 13.5. The first kappa shape index (κ1) is 25.4. The Balaban J connectivity index is 1.90. The van der Waals surface area contributed by atoms with Gasteiger partial charge in [-0.2, -0.15) is 0 Å². The number of hydrogen-bond donors (Lipinski definition) is 1. The summed E-state index contributed by atoms with van der Waals surface area (Å²) in [7, 11) is 1.53. The minimum Gasteiger partial charge on any atom is -0.491 e. The molecule has 1 amide bonds. The lowest BCUT2D eigenvalue weighted by molar-refractivity contribution is 0.0480. The van der Waals surface area contributed by atoms with Gasteiger partial charge in [-0.3, -0.25) is 9.78 Å². The van der Waals surface area contributed by atoms with Crippen LogP contribution in [-0.2, 0) is 11.8 Å². The molecule has 184 valence electrons. The van der Waals surface area contributed by atoms with Crippen molar-refractivity contribution >= 4 is 27.8 Å². The van der Waals surface area contributed by atoms with E-state index in [-0.39, 0.29) is 18.0 Å². The molecule has 2 aromatic heterocycles. The van der Waals surface area contributed by atoms with Gasteiger partial charge in [-0.1, -0.05) is 13.8 Å². The molecule has 0 aliphatic rings. The van der Waals surface area contributed by atoms with Crippen molar-refractivity contribution in [1.82, 2.24) is 14.9 Å². The topological polar surface area (TPSA) is 82.5 Å². The Labute approximate surface area is 197 Å². The van der Waals surface area contributed by atoms with E-state index in [2.05, 4.69) is 10.3 Å². The SMILES string of the molecule is CC(C)C[C@@H](COc1ccc2c3ccnc(C(F)F)c3c(=O)n(C)c2c1)NC(=O)OC(C)(C)C. The molecule has 0 saturated carbocycles. The number of nitrogens with one attached hydrogen (secondary N) is 1. The number of alkyl halides is 2. The van der Waals surface area contributed by atoms with Gasteiger partial charge < -0.3 is 19.4 Å². The number of amides is 1. The predicted octanol–water partition coefficient (Wildman–Crippen LogP) is 5.34. The zero-order valence-corrected chi connectivity index (χ0v) is 20.3. The summed E-state index contributed by atoms with van der Waals surface area (Å²) in [4.78, 5) is 28.8. The molecule has 7 nitrogen and oxygen atoms in total. The first-order valence-corrected chi connectivity index (χ1v) is 11.2. The van der Waals surface area contributed by atoms with Crippen LogP contribution in [-0.4, -0.2) is 33.9 Å². The van der Waals surface area contributed by atoms with Gasteiger partial charge in [-0.15, -0.1) is 0 Å². The fraction of sp³-hybridized carbons (Fsp3) is 0.480. The van der Waals surface area contributed by atoms with Crippen molar-refractivity contribution in [2.24, 2.45) is 13.0 Å². The number of aromatic nitrogens is 2. The molecular weight excluding hydrogens is 444 g/mol. The van der Waals surface area contributed by atoms with Gasteiger partial charge in [0.15, 0.2) is 0 Å². The van der Waals surface area contributed by atoms with Crippen molar-refractivity contribution in [2.45, 2.75) is 59.1 Å². The van der Waals surface area contributed by atoms with E-state index in [4.69, 9.17) is 9.47 Å². The lowest BCUT2D eigenvalue weighted by Gasteiger charge is -2.25. The smallest absolute Gasteiger partial charge is 0.407 e.